The van der Waals surface area contributed by atoms with Gasteiger partial charge in [0.1, 0.15) is 18.0 Å². The van der Waals surface area contributed by atoms with Gasteiger partial charge >= 0.3 is 5.97 Å². The molecule has 0 radical (unpaired) electrons. The summed E-state index contributed by atoms with van der Waals surface area (Å²) in [6.45, 7) is 3.26. The number of nitrogens with two attached hydrogens (primary N) is 1. The van der Waals surface area contributed by atoms with Gasteiger partial charge in [0.05, 0.1) is 10.9 Å². The van der Waals surface area contributed by atoms with Crippen LogP contribution in [0.3, 0.4) is 0 Å². The van der Waals surface area contributed by atoms with Crippen molar-refractivity contribution in [2.24, 2.45) is 11.7 Å². The van der Waals surface area contributed by atoms with Gasteiger partial charge in [0.2, 0.25) is 0 Å². The topological polar surface area (TPSA) is 96.7 Å². The Hall–Kier alpha value is -1.74. The lowest BCUT2D eigenvalue weighted by molar-refractivity contribution is -0.151. The van der Waals surface area contributed by atoms with Crippen LogP contribution in [0.25, 0.3) is 0 Å². The third-order valence-electron chi connectivity index (χ3n) is 8.31. The quantitative estimate of drug-likeness (QED) is 0.255. The Balaban J connectivity index is 1.45. The summed E-state index contributed by atoms with van der Waals surface area (Å²) in [5.74, 6) is -1.19. The minimum Gasteiger partial charge on any atom is -0.461 e. The molecule has 2 aliphatic carbocycles. The predicted octanol–water partition coefficient (Wildman–Crippen LogP) is 4.59. The summed E-state index contributed by atoms with van der Waals surface area (Å²) in [6.07, 6.45) is 11.7. The highest BCUT2D eigenvalue weighted by atomic mass is 35.5. The van der Waals surface area contributed by atoms with Crippen LogP contribution >= 0.6 is 11.6 Å². The Bertz CT molecular complexity index is 936. The second kappa shape index (κ2) is 12.9. The van der Waals surface area contributed by atoms with Crippen LogP contribution in [0.15, 0.2) is 18.2 Å². The van der Waals surface area contributed by atoms with Crippen LogP contribution in [-0.4, -0.2) is 53.5 Å². The summed E-state index contributed by atoms with van der Waals surface area (Å²) < 4.78 is 20.4. The molecule has 37 heavy (non-hydrogen) atoms. The maximum absolute atomic E-state index is 14.9. The Morgan fingerprint density at radius 3 is 2.46 bits per heavy atom. The van der Waals surface area contributed by atoms with E-state index in [4.69, 9.17) is 22.1 Å². The summed E-state index contributed by atoms with van der Waals surface area (Å²) in [5, 5.41) is 4.75. The number of halogens is 2. The lowest BCUT2D eigenvalue weighted by atomic mass is 9.78. The van der Waals surface area contributed by atoms with Crippen LogP contribution < -0.4 is 16.5 Å². The molecule has 1 aliphatic heterocycles. The summed E-state index contributed by atoms with van der Waals surface area (Å²) in [5.41, 5.74) is 10.3. The van der Waals surface area contributed by atoms with Crippen LogP contribution in [0.4, 0.5) is 4.39 Å². The zero-order valence-corrected chi connectivity index (χ0v) is 22.7. The fourth-order valence-electron chi connectivity index (χ4n) is 6.27. The van der Waals surface area contributed by atoms with E-state index >= 15 is 0 Å². The second-order valence-corrected chi connectivity index (χ2v) is 11.6. The van der Waals surface area contributed by atoms with Crippen molar-refractivity contribution in [1.29, 1.82) is 0 Å². The molecule has 1 aromatic rings. The second-order valence-electron chi connectivity index (χ2n) is 10.9. The Morgan fingerprint density at radius 2 is 1.78 bits per heavy atom. The number of ether oxygens (including phenoxy) is 1. The number of hydrazine groups is 1. The van der Waals surface area contributed by atoms with Gasteiger partial charge in [0.25, 0.3) is 5.91 Å². The van der Waals surface area contributed by atoms with Crippen LogP contribution in [0, 0.1) is 11.7 Å². The molecule has 206 valence electrons. The van der Waals surface area contributed by atoms with E-state index in [0.29, 0.717) is 24.6 Å². The van der Waals surface area contributed by atoms with Gasteiger partial charge in [-0.2, -0.15) is 0 Å². The SMILES string of the molecule is CCN1NCC(Cl)(C2CCCCCC2)C1c1cc(F)cc(C(=O)NC[C@@H](N)C(=O)OC2CCCCC2)c1. The first-order valence-corrected chi connectivity index (χ1v) is 14.4. The van der Waals surface area contributed by atoms with Crippen LogP contribution in [0.2, 0.25) is 0 Å². The van der Waals surface area contributed by atoms with Crippen molar-refractivity contribution in [2.75, 3.05) is 19.6 Å². The van der Waals surface area contributed by atoms with E-state index in [2.05, 4.69) is 15.8 Å². The molecule has 1 amide bonds. The molecule has 9 heteroatoms. The number of alkyl halides is 1. The van der Waals surface area contributed by atoms with Crippen molar-refractivity contribution in [1.82, 2.24) is 15.8 Å². The van der Waals surface area contributed by atoms with E-state index in [-0.39, 0.29) is 24.3 Å². The predicted molar refractivity (Wildman–Crippen MR) is 143 cm³/mol. The van der Waals surface area contributed by atoms with E-state index in [1.165, 1.54) is 25.0 Å². The van der Waals surface area contributed by atoms with Gasteiger partial charge in [-0.15, -0.1) is 11.6 Å². The van der Waals surface area contributed by atoms with Crippen molar-refractivity contribution >= 4 is 23.5 Å². The van der Waals surface area contributed by atoms with E-state index in [1.807, 2.05) is 6.92 Å². The molecular weight excluding hydrogens is 495 g/mol. The lowest BCUT2D eigenvalue weighted by Gasteiger charge is -2.38. The average Bonchev–Trinajstić information content (AvgIpc) is 3.05. The molecule has 1 saturated heterocycles. The molecule has 0 spiro atoms. The number of hydrogen-bond donors (Lipinski definition) is 3. The number of esters is 1. The number of benzene rings is 1. The molecular formula is C28H42ClFN4O3. The number of carbonyl (C=O) groups excluding carboxylic acids is 2. The molecule has 1 aromatic carbocycles. The maximum atomic E-state index is 14.9. The molecule has 2 unspecified atom stereocenters. The molecule has 3 fully saturated rings. The molecule has 2 saturated carbocycles. The molecule has 7 nitrogen and oxygen atoms in total. The highest BCUT2D eigenvalue weighted by molar-refractivity contribution is 6.25. The van der Waals surface area contributed by atoms with Crippen molar-refractivity contribution in [3.05, 3.63) is 35.1 Å². The molecule has 3 aliphatic rings. The smallest absolute Gasteiger partial charge is 0.325 e. The van der Waals surface area contributed by atoms with Gasteiger partial charge < -0.3 is 15.8 Å². The third kappa shape index (κ3) is 6.83. The summed E-state index contributed by atoms with van der Waals surface area (Å²) in [7, 11) is 0. The number of carbonyl (C=O) groups is 2. The maximum Gasteiger partial charge on any atom is 0.325 e. The van der Waals surface area contributed by atoms with Crippen molar-refractivity contribution < 1.29 is 18.7 Å². The number of hydrogen-bond acceptors (Lipinski definition) is 6. The normalized spacial score (nSPS) is 27.0. The van der Waals surface area contributed by atoms with Gasteiger partial charge in [0, 0.05) is 25.2 Å². The Kier molecular flexibility index (Phi) is 9.84. The first-order valence-electron chi connectivity index (χ1n) is 14.1. The minimum absolute atomic E-state index is 0.0795. The van der Waals surface area contributed by atoms with Gasteiger partial charge in [-0.3, -0.25) is 15.0 Å². The molecule has 3 atom stereocenters. The van der Waals surface area contributed by atoms with E-state index in [9.17, 15) is 14.0 Å². The van der Waals surface area contributed by atoms with E-state index in [0.717, 1.165) is 57.8 Å². The summed E-state index contributed by atoms with van der Waals surface area (Å²) >= 11 is 7.40. The Labute approximate surface area is 225 Å². The van der Waals surface area contributed by atoms with E-state index in [1.54, 1.807) is 6.07 Å². The molecule has 1 heterocycles. The fraction of sp³-hybridized carbons (Fsp3) is 0.714. The molecule has 4 N–H and O–H groups in total. The first-order chi connectivity index (χ1) is 17.8. The number of rotatable bonds is 8. The van der Waals surface area contributed by atoms with Gasteiger partial charge in [-0.05, 0) is 68.2 Å². The Morgan fingerprint density at radius 1 is 1.14 bits per heavy atom. The van der Waals surface area contributed by atoms with Crippen molar-refractivity contribution in [3.8, 4) is 0 Å². The fourth-order valence-corrected chi connectivity index (χ4v) is 6.79. The average molecular weight is 537 g/mol. The summed E-state index contributed by atoms with van der Waals surface area (Å²) in [6, 6.07) is 3.18. The minimum atomic E-state index is -0.973. The lowest BCUT2D eigenvalue weighted by Crippen LogP contribution is -2.44. The van der Waals surface area contributed by atoms with Gasteiger partial charge in [-0.1, -0.05) is 39.0 Å². The van der Waals surface area contributed by atoms with Crippen LogP contribution in [0.5, 0.6) is 0 Å². The van der Waals surface area contributed by atoms with Crippen molar-refractivity contribution in [3.63, 3.8) is 0 Å². The monoisotopic (exact) mass is 536 g/mol. The standard InChI is InChI=1S/C28H42ClFN4O3/c1-2-34-25(28(29,18-33-34)21-10-6-3-4-7-11-21)19-14-20(16-22(30)15-19)26(35)32-17-24(31)27(36)37-23-12-8-5-9-13-23/h14-16,21,23-25,33H,2-13,17-18,31H2,1H3,(H,32,35)/t24-,25?,28?/m1/s1. The number of nitrogens with zero attached hydrogens (tertiary/aromatic N) is 1. The highest BCUT2D eigenvalue weighted by Crippen LogP contribution is 2.49. The zero-order valence-electron chi connectivity index (χ0n) is 21.9. The number of nitrogens with one attached hydrogen (secondary N) is 2. The zero-order chi connectivity index (χ0) is 26.4. The third-order valence-corrected chi connectivity index (χ3v) is 8.96. The van der Waals surface area contributed by atoms with Gasteiger partial charge in [0.15, 0.2) is 0 Å². The molecule has 4 rings (SSSR count). The van der Waals surface area contributed by atoms with E-state index < -0.39 is 28.6 Å². The van der Waals surface area contributed by atoms with Crippen LogP contribution in [-0.2, 0) is 9.53 Å². The van der Waals surface area contributed by atoms with Gasteiger partial charge in [-0.25, -0.2) is 9.40 Å². The van der Waals surface area contributed by atoms with Crippen LogP contribution in [0.1, 0.15) is 99.5 Å². The molecule has 0 bridgehead atoms. The largest absolute Gasteiger partial charge is 0.461 e. The van der Waals surface area contributed by atoms with Crippen molar-refractivity contribution in [2.45, 2.75) is 101 Å². The first kappa shape index (κ1) is 28.3. The number of amides is 1. The summed E-state index contributed by atoms with van der Waals surface area (Å²) in [4.78, 5) is 24.8. The highest BCUT2D eigenvalue weighted by Gasteiger charge is 2.51. The molecule has 0 aromatic heterocycles.